The Kier molecular flexibility index (Phi) is 3.59. The Morgan fingerprint density at radius 2 is 1.61 bits per heavy atom. The summed E-state index contributed by atoms with van der Waals surface area (Å²) in [6, 6.07) is 9.35. The van der Waals surface area contributed by atoms with Gasteiger partial charge in [-0.3, -0.25) is 4.40 Å². The van der Waals surface area contributed by atoms with E-state index in [0.717, 1.165) is 11.1 Å². The van der Waals surface area contributed by atoms with E-state index in [1.807, 2.05) is 35.7 Å². The van der Waals surface area contributed by atoms with E-state index in [1.54, 1.807) is 18.2 Å². The van der Waals surface area contributed by atoms with Crippen LogP contribution >= 0.6 is 0 Å². The van der Waals surface area contributed by atoms with Crippen molar-refractivity contribution in [1.29, 1.82) is 0 Å². The minimum absolute atomic E-state index is 0.249. The maximum absolute atomic E-state index is 12.2. The number of hydrogen-bond donors (Lipinski definition) is 0. The van der Waals surface area contributed by atoms with Crippen LogP contribution in [0.5, 0.6) is 5.75 Å². The summed E-state index contributed by atoms with van der Waals surface area (Å²) in [5.74, 6) is 0.416. The van der Waals surface area contributed by atoms with Crippen molar-refractivity contribution in [3.8, 4) is 16.9 Å². The van der Waals surface area contributed by atoms with Crippen LogP contribution in [0.15, 0.2) is 42.6 Å². The van der Waals surface area contributed by atoms with Crippen LogP contribution in [0.3, 0.4) is 0 Å². The van der Waals surface area contributed by atoms with Crippen LogP contribution in [0, 0.1) is 0 Å². The quantitative estimate of drug-likeness (QED) is 0.741. The highest BCUT2D eigenvalue weighted by molar-refractivity contribution is 5.66. The van der Waals surface area contributed by atoms with Crippen molar-refractivity contribution in [2.24, 2.45) is 0 Å². The Balaban J connectivity index is 1.95. The van der Waals surface area contributed by atoms with E-state index in [2.05, 4.69) is 14.9 Å². The lowest BCUT2D eigenvalue weighted by Gasteiger charge is -2.11. The lowest BCUT2D eigenvalue weighted by atomic mass is 10.1. The molecule has 0 amide bonds. The predicted octanol–water partition coefficient (Wildman–Crippen LogP) is 3.36. The second-order valence-electron chi connectivity index (χ2n) is 5.11. The standard InChI is InChI=1S/C15H13F3N4O/c1-21(2)14-20-19-13-8-5-11(9-22(13)14)10-3-6-12(7-4-10)23-15(16,17)18/h3-9H,1-2H3. The molecule has 0 aliphatic rings. The number of alkyl halides is 3. The van der Waals surface area contributed by atoms with E-state index in [-0.39, 0.29) is 5.75 Å². The number of fused-ring (bicyclic) bond motifs is 1. The first-order valence-electron chi connectivity index (χ1n) is 6.72. The van der Waals surface area contributed by atoms with Crippen LogP contribution in [0.25, 0.3) is 16.8 Å². The van der Waals surface area contributed by atoms with E-state index in [4.69, 9.17) is 0 Å². The molecule has 5 nitrogen and oxygen atoms in total. The summed E-state index contributed by atoms with van der Waals surface area (Å²) < 4.78 is 42.2. The molecular formula is C15H13F3N4O. The number of halogens is 3. The second kappa shape index (κ2) is 5.45. The summed E-state index contributed by atoms with van der Waals surface area (Å²) in [6.45, 7) is 0. The molecule has 0 bridgehead atoms. The first-order valence-corrected chi connectivity index (χ1v) is 6.72. The van der Waals surface area contributed by atoms with Gasteiger partial charge in [-0.15, -0.1) is 23.4 Å². The highest BCUT2D eigenvalue weighted by atomic mass is 19.4. The number of aromatic nitrogens is 3. The fourth-order valence-corrected chi connectivity index (χ4v) is 2.20. The van der Waals surface area contributed by atoms with Gasteiger partial charge in [0.25, 0.3) is 0 Å². The zero-order chi connectivity index (χ0) is 16.6. The molecule has 0 aliphatic heterocycles. The smallest absolute Gasteiger partial charge is 0.406 e. The number of nitrogens with zero attached hydrogens (tertiary/aromatic N) is 4. The number of pyridine rings is 1. The molecule has 0 aliphatic carbocycles. The van der Waals surface area contributed by atoms with Gasteiger partial charge in [-0.05, 0) is 35.4 Å². The molecule has 8 heteroatoms. The van der Waals surface area contributed by atoms with Crippen LogP contribution in [0.1, 0.15) is 0 Å². The van der Waals surface area contributed by atoms with Gasteiger partial charge in [0.1, 0.15) is 5.75 Å². The lowest BCUT2D eigenvalue weighted by Crippen LogP contribution is -2.16. The number of rotatable bonds is 3. The van der Waals surface area contributed by atoms with Crippen molar-refractivity contribution in [1.82, 2.24) is 14.6 Å². The fraction of sp³-hybridized carbons (Fsp3) is 0.200. The van der Waals surface area contributed by atoms with Crippen molar-refractivity contribution < 1.29 is 17.9 Å². The Morgan fingerprint density at radius 1 is 0.957 bits per heavy atom. The van der Waals surface area contributed by atoms with E-state index < -0.39 is 6.36 Å². The minimum atomic E-state index is -4.69. The first-order chi connectivity index (χ1) is 10.8. The molecule has 0 saturated heterocycles. The Hall–Kier alpha value is -2.77. The van der Waals surface area contributed by atoms with E-state index in [1.165, 1.54) is 12.1 Å². The van der Waals surface area contributed by atoms with Crippen molar-refractivity contribution in [2.75, 3.05) is 19.0 Å². The summed E-state index contributed by atoms with van der Waals surface area (Å²) >= 11 is 0. The third kappa shape index (κ3) is 3.20. The minimum Gasteiger partial charge on any atom is -0.406 e. The zero-order valence-corrected chi connectivity index (χ0v) is 12.4. The Bertz CT molecular complexity index is 825. The van der Waals surface area contributed by atoms with Crippen molar-refractivity contribution in [3.05, 3.63) is 42.6 Å². The molecule has 120 valence electrons. The van der Waals surface area contributed by atoms with E-state index in [9.17, 15) is 13.2 Å². The van der Waals surface area contributed by atoms with Crippen LogP contribution in [-0.2, 0) is 0 Å². The number of ether oxygens (including phenoxy) is 1. The topological polar surface area (TPSA) is 42.7 Å². The van der Waals surface area contributed by atoms with Gasteiger partial charge in [0, 0.05) is 20.3 Å². The van der Waals surface area contributed by atoms with Crippen molar-refractivity contribution in [3.63, 3.8) is 0 Å². The van der Waals surface area contributed by atoms with Gasteiger partial charge in [0.05, 0.1) is 0 Å². The molecule has 0 N–H and O–H groups in total. The first kappa shape index (κ1) is 15.1. The molecule has 23 heavy (non-hydrogen) atoms. The summed E-state index contributed by atoms with van der Waals surface area (Å²) in [4.78, 5) is 1.82. The van der Waals surface area contributed by atoms with Gasteiger partial charge in [-0.2, -0.15) is 0 Å². The van der Waals surface area contributed by atoms with Gasteiger partial charge in [-0.1, -0.05) is 12.1 Å². The third-order valence-corrected chi connectivity index (χ3v) is 3.21. The fourth-order valence-electron chi connectivity index (χ4n) is 2.20. The van der Waals surface area contributed by atoms with Gasteiger partial charge in [-0.25, -0.2) is 0 Å². The molecule has 3 rings (SSSR count). The molecule has 2 heterocycles. The van der Waals surface area contributed by atoms with Crippen molar-refractivity contribution in [2.45, 2.75) is 6.36 Å². The molecular weight excluding hydrogens is 309 g/mol. The number of benzene rings is 1. The molecule has 0 fully saturated rings. The van der Waals surface area contributed by atoms with E-state index in [0.29, 0.717) is 11.6 Å². The molecule has 0 spiro atoms. The normalized spacial score (nSPS) is 11.7. The summed E-state index contributed by atoms with van der Waals surface area (Å²) in [5, 5.41) is 8.13. The molecule has 0 atom stereocenters. The lowest BCUT2D eigenvalue weighted by molar-refractivity contribution is -0.274. The van der Waals surface area contributed by atoms with Crippen LogP contribution in [0.4, 0.5) is 19.1 Å². The van der Waals surface area contributed by atoms with Gasteiger partial charge in [0.2, 0.25) is 5.95 Å². The molecule has 0 saturated carbocycles. The molecule has 0 radical (unpaired) electrons. The summed E-state index contributed by atoms with van der Waals surface area (Å²) in [7, 11) is 3.71. The van der Waals surface area contributed by atoms with Gasteiger partial charge < -0.3 is 9.64 Å². The molecule has 0 unspecified atom stereocenters. The summed E-state index contributed by atoms with van der Waals surface area (Å²) in [6.07, 6.45) is -2.85. The number of hydrogen-bond acceptors (Lipinski definition) is 4. The largest absolute Gasteiger partial charge is 0.573 e. The highest BCUT2D eigenvalue weighted by Gasteiger charge is 2.30. The zero-order valence-electron chi connectivity index (χ0n) is 12.4. The predicted molar refractivity (Wildman–Crippen MR) is 79.4 cm³/mol. The highest BCUT2D eigenvalue weighted by Crippen LogP contribution is 2.27. The average Bonchev–Trinajstić information content (AvgIpc) is 2.89. The van der Waals surface area contributed by atoms with Crippen LogP contribution in [-0.4, -0.2) is 35.1 Å². The maximum atomic E-state index is 12.2. The van der Waals surface area contributed by atoms with Crippen LogP contribution < -0.4 is 9.64 Å². The number of anilines is 1. The SMILES string of the molecule is CN(C)c1nnc2ccc(-c3ccc(OC(F)(F)F)cc3)cn12. The molecule has 2 aromatic heterocycles. The third-order valence-electron chi connectivity index (χ3n) is 3.21. The maximum Gasteiger partial charge on any atom is 0.573 e. The Morgan fingerprint density at radius 3 is 2.22 bits per heavy atom. The van der Waals surface area contributed by atoms with Crippen molar-refractivity contribution >= 4 is 11.6 Å². The van der Waals surface area contributed by atoms with Gasteiger partial charge in [0.15, 0.2) is 5.65 Å². The molecule has 3 aromatic rings. The Labute approximate surface area is 129 Å². The average molecular weight is 322 g/mol. The molecule has 1 aromatic carbocycles. The van der Waals surface area contributed by atoms with Crippen LogP contribution in [0.2, 0.25) is 0 Å². The van der Waals surface area contributed by atoms with Gasteiger partial charge >= 0.3 is 6.36 Å². The second-order valence-corrected chi connectivity index (χ2v) is 5.11. The summed E-state index contributed by atoms with van der Waals surface area (Å²) in [5.41, 5.74) is 2.29. The monoisotopic (exact) mass is 322 g/mol. The van der Waals surface area contributed by atoms with E-state index >= 15 is 0 Å².